The van der Waals surface area contributed by atoms with Gasteiger partial charge in [-0.3, -0.25) is 4.57 Å². The lowest BCUT2D eigenvalue weighted by Gasteiger charge is -2.20. The third kappa shape index (κ3) is 8.10. The van der Waals surface area contributed by atoms with Gasteiger partial charge in [0.25, 0.3) is 0 Å². The van der Waals surface area contributed by atoms with Gasteiger partial charge in [0.2, 0.25) is 0 Å². The Morgan fingerprint density at radius 3 is 2.11 bits per heavy atom. The van der Waals surface area contributed by atoms with Crippen LogP contribution in [-0.2, 0) is 9.47 Å². The molecule has 4 N–H and O–H groups in total. The highest BCUT2D eigenvalue weighted by atomic mass is 16.6. The number of aromatic nitrogens is 4. The third-order valence-electron chi connectivity index (χ3n) is 6.96. The lowest BCUT2D eigenvalue weighted by molar-refractivity contribution is -0.0609. The van der Waals surface area contributed by atoms with E-state index < -0.39 is 24.5 Å². The number of nitrogens with two attached hydrogens (primary N) is 1. The first kappa shape index (κ1) is 27.8. The summed E-state index contributed by atoms with van der Waals surface area (Å²) in [5, 5.41) is 20.6. The molecular formula is C26H45N5O4. The summed E-state index contributed by atoms with van der Waals surface area (Å²) in [6, 6.07) is 0. The summed E-state index contributed by atoms with van der Waals surface area (Å²) in [4.78, 5) is 12.4. The van der Waals surface area contributed by atoms with E-state index in [9.17, 15) is 10.2 Å². The average Bonchev–Trinajstić information content (AvgIpc) is 3.43. The minimum absolute atomic E-state index is 0.235. The van der Waals surface area contributed by atoms with Crippen molar-refractivity contribution in [2.75, 3.05) is 18.9 Å². The molecule has 9 nitrogen and oxygen atoms in total. The maximum absolute atomic E-state index is 10.9. The topological polar surface area (TPSA) is 129 Å². The fourth-order valence-electron chi connectivity index (χ4n) is 4.87. The van der Waals surface area contributed by atoms with E-state index in [0.29, 0.717) is 17.8 Å². The SMILES string of the molecule is CCCCCCCCCCCCCCCCO[C@H]1[C@@H](O)[C@H](n2cnc3c(N)ncnc32)O[C@@H]1CO. The Hall–Kier alpha value is -1.81. The van der Waals surface area contributed by atoms with Crippen LogP contribution in [0.4, 0.5) is 5.82 Å². The number of fused-ring (bicyclic) bond motifs is 1. The molecule has 3 heterocycles. The van der Waals surface area contributed by atoms with Crippen molar-refractivity contribution in [3.8, 4) is 0 Å². The van der Waals surface area contributed by atoms with Crippen LogP contribution in [0.25, 0.3) is 11.2 Å². The summed E-state index contributed by atoms with van der Waals surface area (Å²) in [5.41, 5.74) is 6.79. The predicted molar refractivity (Wildman–Crippen MR) is 137 cm³/mol. The van der Waals surface area contributed by atoms with Crippen LogP contribution in [0.15, 0.2) is 12.7 Å². The van der Waals surface area contributed by atoms with Crippen LogP contribution in [0.1, 0.15) is 103 Å². The first-order valence-electron chi connectivity index (χ1n) is 13.7. The van der Waals surface area contributed by atoms with Crippen molar-refractivity contribution < 1.29 is 19.7 Å². The van der Waals surface area contributed by atoms with Crippen molar-refractivity contribution in [2.45, 2.75) is 121 Å². The summed E-state index contributed by atoms with van der Waals surface area (Å²) < 4.78 is 13.5. The standard InChI is InChI=1S/C26H45N5O4/c1-2-3-4-5-6-7-8-9-10-11-12-13-14-15-16-34-23-20(17-32)35-26(22(23)33)31-19-30-21-24(27)28-18-29-25(21)31/h18-20,22-23,26,32-33H,2-17H2,1H3,(H2,27,28,29)/t20-,22-,23-,26-/m1/s1. The number of aliphatic hydroxyl groups is 2. The van der Waals surface area contributed by atoms with Crippen LogP contribution in [-0.4, -0.2) is 61.3 Å². The molecular weight excluding hydrogens is 446 g/mol. The molecule has 0 spiro atoms. The lowest BCUT2D eigenvalue weighted by Crippen LogP contribution is -2.36. The van der Waals surface area contributed by atoms with Crippen LogP contribution in [0.5, 0.6) is 0 Å². The molecule has 0 amide bonds. The van der Waals surface area contributed by atoms with E-state index in [1.165, 1.54) is 89.7 Å². The fraction of sp³-hybridized carbons (Fsp3) is 0.808. The zero-order valence-electron chi connectivity index (χ0n) is 21.4. The smallest absolute Gasteiger partial charge is 0.167 e. The number of hydrogen-bond acceptors (Lipinski definition) is 8. The minimum Gasteiger partial charge on any atom is -0.394 e. The minimum atomic E-state index is -0.951. The zero-order chi connectivity index (χ0) is 24.9. The van der Waals surface area contributed by atoms with Gasteiger partial charge in [-0.1, -0.05) is 90.4 Å². The largest absolute Gasteiger partial charge is 0.394 e. The van der Waals surface area contributed by atoms with E-state index >= 15 is 0 Å². The molecule has 3 rings (SSSR count). The first-order valence-corrected chi connectivity index (χ1v) is 13.7. The second kappa shape index (κ2) is 15.3. The highest BCUT2D eigenvalue weighted by Crippen LogP contribution is 2.33. The quantitative estimate of drug-likeness (QED) is 0.260. The first-order chi connectivity index (χ1) is 17.2. The van der Waals surface area contributed by atoms with Gasteiger partial charge < -0.3 is 25.4 Å². The van der Waals surface area contributed by atoms with E-state index in [-0.39, 0.29) is 12.4 Å². The van der Waals surface area contributed by atoms with Crippen molar-refractivity contribution in [1.29, 1.82) is 0 Å². The molecule has 0 aromatic carbocycles. The Morgan fingerprint density at radius 1 is 0.914 bits per heavy atom. The molecule has 0 radical (unpaired) electrons. The molecule has 2 aromatic rings. The molecule has 1 fully saturated rings. The van der Waals surface area contributed by atoms with E-state index in [4.69, 9.17) is 15.2 Å². The van der Waals surface area contributed by atoms with Crippen LogP contribution in [0.3, 0.4) is 0 Å². The van der Waals surface area contributed by atoms with Gasteiger partial charge in [-0.25, -0.2) is 15.0 Å². The van der Waals surface area contributed by atoms with E-state index in [1.54, 1.807) is 4.57 Å². The number of imidazole rings is 1. The third-order valence-corrected chi connectivity index (χ3v) is 6.96. The molecule has 198 valence electrons. The summed E-state index contributed by atoms with van der Waals surface area (Å²) in [6.07, 6.45) is 18.2. The molecule has 0 bridgehead atoms. The Labute approximate surface area is 209 Å². The van der Waals surface area contributed by atoms with Gasteiger partial charge in [-0.15, -0.1) is 0 Å². The van der Waals surface area contributed by atoms with Gasteiger partial charge in [0.1, 0.15) is 30.2 Å². The van der Waals surface area contributed by atoms with Gasteiger partial charge in [-0.2, -0.15) is 0 Å². The van der Waals surface area contributed by atoms with Crippen molar-refractivity contribution in [2.24, 2.45) is 0 Å². The molecule has 0 unspecified atom stereocenters. The number of anilines is 1. The van der Waals surface area contributed by atoms with Crippen molar-refractivity contribution in [1.82, 2.24) is 19.5 Å². The fourth-order valence-corrected chi connectivity index (χ4v) is 4.87. The Morgan fingerprint density at radius 2 is 1.51 bits per heavy atom. The van der Waals surface area contributed by atoms with Crippen LogP contribution < -0.4 is 5.73 Å². The molecule has 9 heteroatoms. The Bertz CT molecular complexity index is 848. The number of ether oxygens (including phenoxy) is 2. The maximum Gasteiger partial charge on any atom is 0.167 e. The number of hydrogen-bond donors (Lipinski definition) is 3. The monoisotopic (exact) mass is 491 g/mol. The normalized spacial score (nSPS) is 22.4. The number of nitrogen functional groups attached to an aromatic ring is 1. The molecule has 0 saturated carbocycles. The molecule has 4 atom stereocenters. The maximum atomic E-state index is 10.9. The van der Waals surface area contributed by atoms with Gasteiger partial charge in [0.15, 0.2) is 17.7 Å². The highest BCUT2D eigenvalue weighted by molar-refractivity contribution is 5.81. The number of unbranched alkanes of at least 4 members (excludes halogenated alkanes) is 13. The Kier molecular flexibility index (Phi) is 12.2. The zero-order valence-corrected chi connectivity index (χ0v) is 21.4. The molecule has 0 aliphatic carbocycles. The molecule has 1 aliphatic heterocycles. The van der Waals surface area contributed by atoms with Gasteiger partial charge in [-0.05, 0) is 6.42 Å². The second-order valence-electron chi connectivity index (χ2n) is 9.75. The van der Waals surface area contributed by atoms with Gasteiger partial charge >= 0.3 is 0 Å². The summed E-state index contributed by atoms with van der Waals surface area (Å²) >= 11 is 0. The van der Waals surface area contributed by atoms with Crippen molar-refractivity contribution in [3.63, 3.8) is 0 Å². The lowest BCUT2D eigenvalue weighted by atomic mass is 10.0. The number of rotatable bonds is 18. The highest BCUT2D eigenvalue weighted by Gasteiger charge is 2.45. The molecule has 1 saturated heterocycles. The average molecular weight is 492 g/mol. The number of nitrogens with zero attached hydrogens (tertiary/aromatic N) is 4. The van der Waals surface area contributed by atoms with Crippen molar-refractivity contribution in [3.05, 3.63) is 12.7 Å². The number of aliphatic hydroxyl groups excluding tert-OH is 2. The molecule has 1 aliphatic rings. The van der Waals surface area contributed by atoms with Crippen molar-refractivity contribution >= 4 is 17.0 Å². The summed E-state index contributed by atoms with van der Waals surface area (Å²) in [6.45, 7) is 2.56. The second-order valence-corrected chi connectivity index (χ2v) is 9.75. The summed E-state index contributed by atoms with van der Waals surface area (Å²) in [7, 11) is 0. The summed E-state index contributed by atoms with van der Waals surface area (Å²) in [5.74, 6) is 0.269. The van der Waals surface area contributed by atoms with Crippen LogP contribution in [0, 0.1) is 0 Å². The molecule has 35 heavy (non-hydrogen) atoms. The predicted octanol–water partition coefficient (Wildman–Crippen LogP) is 4.53. The van der Waals surface area contributed by atoms with E-state index in [2.05, 4.69) is 21.9 Å². The van der Waals surface area contributed by atoms with Gasteiger partial charge in [0.05, 0.1) is 12.9 Å². The van der Waals surface area contributed by atoms with Crippen LogP contribution >= 0.6 is 0 Å². The van der Waals surface area contributed by atoms with Gasteiger partial charge in [0, 0.05) is 6.61 Å². The van der Waals surface area contributed by atoms with Crippen LogP contribution in [0.2, 0.25) is 0 Å². The molecule has 2 aromatic heterocycles. The Balaban J connectivity index is 1.28. The van der Waals surface area contributed by atoms with E-state index in [0.717, 1.165) is 12.8 Å². The van der Waals surface area contributed by atoms with E-state index in [1.807, 2.05) is 0 Å².